The van der Waals surface area contributed by atoms with E-state index in [1.807, 2.05) is 32.2 Å². The third-order valence-corrected chi connectivity index (χ3v) is 3.49. The predicted octanol–water partition coefficient (Wildman–Crippen LogP) is 2.37. The molecule has 19 heavy (non-hydrogen) atoms. The highest BCUT2D eigenvalue weighted by molar-refractivity contribution is 5.99. The van der Waals surface area contributed by atoms with Gasteiger partial charge in [-0.15, -0.1) is 0 Å². The van der Waals surface area contributed by atoms with E-state index in [1.165, 1.54) is 6.33 Å². The van der Waals surface area contributed by atoms with E-state index in [9.17, 15) is 4.79 Å². The topological polar surface area (TPSA) is 58.1 Å². The monoisotopic (exact) mass is 254 g/mol. The molecule has 1 aromatic carbocycles. The predicted molar refractivity (Wildman–Crippen MR) is 72.3 cm³/mol. The van der Waals surface area contributed by atoms with E-state index >= 15 is 0 Å². The molecule has 96 valence electrons. The molecule has 1 aromatic heterocycles. The zero-order valence-electron chi connectivity index (χ0n) is 10.8. The molecular weight excluding hydrogens is 240 g/mol. The first-order chi connectivity index (χ1) is 9.16. The Bertz CT molecular complexity index is 627. The molecule has 0 bridgehead atoms. The van der Waals surface area contributed by atoms with E-state index in [-0.39, 0.29) is 11.9 Å². The smallest absolute Gasteiger partial charge is 0.254 e. The first-order valence-electron chi connectivity index (χ1n) is 6.11. The van der Waals surface area contributed by atoms with Gasteiger partial charge in [-0.3, -0.25) is 4.79 Å². The van der Waals surface area contributed by atoms with Crippen LogP contribution in [0.3, 0.4) is 0 Å². The van der Waals surface area contributed by atoms with Crippen LogP contribution in [0, 0.1) is 0 Å². The van der Waals surface area contributed by atoms with E-state index in [0.29, 0.717) is 0 Å². The number of aromatic nitrogens is 2. The fraction of sp³-hybridized carbons (Fsp3) is 0.214. The van der Waals surface area contributed by atoms with Gasteiger partial charge in [-0.25, -0.2) is 9.97 Å². The lowest BCUT2D eigenvalue weighted by Gasteiger charge is -2.15. The average Bonchev–Trinajstić information content (AvgIpc) is 2.65. The number of amides is 1. The third kappa shape index (κ3) is 1.93. The van der Waals surface area contributed by atoms with E-state index in [4.69, 9.17) is 0 Å². The van der Waals surface area contributed by atoms with Crippen LogP contribution in [-0.2, 0) is 0 Å². The summed E-state index contributed by atoms with van der Waals surface area (Å²) in [5, 5.41) is 3.20. The number of fused-ring (bicyclic) bond motifs is 1. The largest absolute Gasteiger partial charge is 0.340 e. The average molecular weight is 254 g/mol. The summed E-state index contributed by atoms with van der Waals surface area (Å²) in [6, 6.07) is 7.67. The molecule has 1 aliphatic rings. The van der Waals surface area contributed by atoms with Crippen molar-refractivity contribution in [2.75, 3.05) is 12.4 Å². The molecular formula is C14H14N4O. The van der Waals surface area contributed by atoms with Crippen LogP contribution in [0.4, 0.5) is 11.5 Å². The lowest BCUT2D eigenvalue weighted by molar-refractivity contribution is 0.0784. The van der Waals surface area contributed by atoms with Crippen molar-refractivity contribution in [1.29, 1.82) is 0 Å². The van der Waals surface area contributed by atoms with Crippen molar-refractivity contribution in [2.45, 2.75) is 13.0 Å². The molecule has 0 saturated heterocycles. The second kappa shape index (κ2) is 4.35. The highest BCUT2D eigenvalue weighted by Crippen LogP contribution is 2.34. The van der Waals surface area contributed by atoms with Crippen LogP contribution in [0.25, 0.3) is 0 Å². The molecule has 1 atom stereocenters. The molecule has 1 amide bonds. The molecule has 1 aliphatic heterocycles. The van der Waals surface area contributed by atoms with Crippen molar-refractivity contribution in [2.24, 2.45) is 0 Å². The molecule has 2 aromatic rings. The number of carbonyl (C=O) groups excluding carboxylic acids is 1. The normalized spacial score (nSPS) is 17.5. The summed E-state index contributed by atoms with van der Waals surface area (Å²) >= 11 is 0. The van der Waals surface area contributed by atoms with Gasteiger partial charge in [0, 0.05) is 24.5 Å². The Hall–Kier alpha value is -2.43. The maximum Gasteiger partial charge on any atom is 0.254 e. The van der Waals surface area contributed by atoms with Gasteiger partial charge >= 0.3 is 0 Å². The van der Waals surface area contributed by atoms with E-state index < -0.39 is 0 Å². The number of carbonyl (C=O) groups is 1. The Kier molecular flexibility index (Phi) is 2.67. The van der Waals surface area contributed by atoms with Crippen LogP contribution in [0.15, 0.2) is 36.8 Å². The van der Waals surface area contributed by atoms with Crippen molar-refractivity contribution >= 4 is 17.4 Å². The van der Waals surface area contributed by atoms with Gasteiger partial charge in [0.05, 0.1) is 6.04 Å². The second-order valence-electron chi connectivity index (χ2n) is 4.61. The molecule has 1 N–H and O–H groups in total. The minimum atomic E-state index is 0.0797. The fourth-order valence-electron chi connectivity index (χ4n) is 2.27. The third-order valence-electron chi connectivity index (χ3n) is 3.49. The summed E-state index contributed by atoms with van der Waals surface area (Å²) in [6.45, 7) is 2.03. The van der Waals surface area contributed by atoms with Crippen molar-refractivity contribution in [3.8, 4) is 0 Å². The van der Waals surface area contributed by atoms with Gasteiger partial charge in [-0.2, -0.15) is 0 Å². The quantitative estimate of drug-likeness (QED) is 0.893. The number of nitrogens with one attached hydrogen (secondary N) is 1. The number of nitrogens with zero attached hydrogens (tertiary/aromatic N) is 3. The van der Waals surface area contributed by atoms with Gasteiger partial charge in [-0.05, 0) is 36.8 Å². The first-order valence-corrected chi connectivity index (χ1v) is 6.11. The van der Waals surface area contributed by atoms with E-state index in [2.05, 4.69) is 15.3 Å². The maximum atomic E-state index is 12.0. The van der Waals surface area contributed by atoms with Crippen molar-refractivity contribution in [3.63, 3.8) is 0 Å². The van der Waals surface area contributed by atoms with Crippen LogP contribution >= 0.6 is 0 Å². The first kappa shape index (κ1) is 11.6. The number of rotatable bonds is 2. The SMILES string of the molecule is CC1c2cc(Nc3ccncn3)ccc2C(=O)N1C. The van der Waals surface area contributed by atoms with Crippen LogP contribution in [0.5, 0.6) is 0 Å². The molecule has 1 unspecified atom stereocenters. The number of hydrogen-bond acceptors (Lipinski definition) is 4. The molecule has 0 fully saturated rings. The van der Waals surface area contributed by atoms with Gasteiger partial charge in [-0.1, -0.05) is 0 Å². The summed E-state index contributed by atoms with van der Waals surface area (Å²) in [4.78, 5) is 21.7. The van der Waals surface area contributed by atoms with Gasteiger partial charge in [0.15, 0.2) is 0 Å². The van der Waals surface area contributed by atoms with Gasteiger partial charge in [0.2, 0.25) is 0 Å². The summed E-state index contributed by atoms with van der Waals surface area (Å²) in [5.41, 5.74) is 2.75. The molecule has 0 spiro atoms. The van der Waals surface area contributed by atoms with Crippen LogP contribution in [-0.4, -0.2) is 27.8 Å². The molecule has 2 heterocycles. The lowest BCUT2D eigenvalue weighted by Crippen LogP contribution is -2.20. The number of benzene rings is 1. The van der Waals surface area contributed by atoms with Gasteiger partial charge < -0.3 is 10.2 Å². The zero-order valence-corrected chi connectivity index (χ0v) is 10.8. The molecule has 0 aliphatic carbocycles. The summed E-state index contributed by atoms with van der Waals surface area (Å²) in [6.07, 6.45) is 3.18. The molecule has 0 saturated carbocycles. The molecule has 5 nitrogen and oxygen atoms in total. The Morgan fingerprint density at radius 1 is 1.32 bits per heavy atom. The van der Waals surface area contributed by atoms with Crippen LogP contribution in [0.1, 0.15) is 28.9 Å². The highest BCUT2D eigenvalue weighted by Gasteiger charge is 2.30. The molecule has 0 radical (unpaired) electrons. The minimum absolute atomic E-state index is 0.0797. The van der Waals surface area contributed by atoms with E-state index in [1.54, 1.807) is 17.2 Å². The Morgan fingerprint density at radius 3 is 2.89 bits per heavy atom. The summed E-state index contributed by atoms with van der Waals surface area (Å²) < 4.78 is 0. The fourth-order valence-corrected chi connectivity index (χ4v) is 2.27. The Labute approximate surface area is 111 Å². The number of anilines is 2. The Balaban J connectivity index is 1.93. The minimum Gasteiger partial charge on any atom is -0.340 e. The number of hydrogen-bond donors (Lipinski definition) is 1. The Morgan fingerprint density at radius 2 is 2.16 bits per heavy atom. The lowest BCUT2D eigenvalue weighted by atomic mass is 10.0. The standard InChI is InChI=1S/C14H14N4O/c1-9-12-7-10(17-13-5-6-15-8-16-13)3-4-11(12)14(19)18(9)2/h3-9H,1-2H3,(H,15,16,17). The maximum absolute atomic E-state index is 12.0. The summed E-state index contributed by atoms with van der Waals surface area (Å²) in [7, 11) is 1.82. The van der Waals surface area contributed by atoms with Crippen molar-refractivity contribution < 1.29 is 4.79 Å². The molecule has 3 rings (SSSR count). The van der Waals surface area contributed by atoms with Gasteiger partial charge in [0.25, 0.3) is 5.91 Å². The summed E-state index contributed by atoms with van der Waals surface area (Å²) in [5.74, 6) is 0.816. The van der Waals surface area contributed by atoms with Gasteiger partial charge in [0.1, 0.15) is 12.1 Å². The van der Waals surface area contributed by atoms with Crippen molar-refractivity contribution in [1.82, 2.24) is 14.9 Å². The van der Waals surface area contributed by atoms with E-state index in [0.717, 1.165) is 22.6 Å². The molecule has 5 heteroatoms. The van der Waals surface area contributed by atoms with Crippen molar-refractivity contribution in [3.05, 3.63) is 47.9 Å². The second-order valence-corrected chi connectivity index (χ2v) is 4.61. The van der Waals surface area contributed by atoms with Crippen LogP contribution in [0.2, 0.25) is 0 Å². The highest BCUT2D eigenvalue weighted by atomic mass is 16.2. The zero-order chi connectivity index (χ0) is 13.4. The van der Waals surface area contributed by atoms with Crippen LogP contribution < -0.4 is 5.32 Å².